The van der Waals surface area contributed by atoms with E-state index in [1.807, 2.05) is 39.0 Å². The Balaban J connectivity index is 1.64. The molecule has 0 saturated carbocycles. The second-order valence-electron chi connectivity index (χ2n) is 8.43. The predicted molar refractivity (Wildman–Crippen MR) is 119 cm³/mol. The molecule has 0 radical (unpaired) electrons. The quantitative estimate of drug-likeness (QED) is 0.774. The molecule has 1 aliphatic heterocycles. The van der Waals surface area contributed by atoms with Gasteiger partial charge in [-0.25, -0.2) is 8.42 Å². The third-order valence-corrected chi connectivity index (χ3v) is 7.70. The van der Waals surface area contributed by atoms with Gasteiger partial charge in [-0.2, -0.15) is 4.31 Å². The Morgan fingerprint density at radius 1 is 1.10 bits per heavy atom. The van der Waals surface area contributed by atoms with E-state index in [1.54, 1.807) is 12.1 Å². The van der Waals surface area contributed by atoms with Gasteiger partial charge < -0.3 is 5.32 Å². The number of benzene rings is 1. The number of nitrogens with zero attached hydrogens (tertiary/aromatic N) is 2. The van der Waals surface area contributed by atoms with Gasteiger partial charge >= 0.3 is 0 Å². The van der Waals surface area contributed by atoms with Gasteiger partial charge in [0.25, 0.3) is 0 Å². The van der Waals surface area contributed by atoms with Crippen LogP contribution in [0.3, 0.4) is 0 Å². The third kappa shape index (κ3) is 4.73. The normalized spacial score (nSPS) is 16.1. The fourth-order valence-corrected chi connectivity index (χ4v) is 5.44. The fourth-order valence-electron chi connectivity index (χ4n) is 3.97. The standard InChI is InChI=1S/C23H31N3O3S/c1-15(2)19-6-8-21(9-7-19)30(28,29)26-12-10-20(11-13-26)23(27)25-22-16(3)14-17(4)24-18(22)5/h6-9,14-15,20H,10-13H2,1-5H3,(H,25,27). The average Bonchev–Trinajstić information content (AvgIpc) is 2.70. The van der Waals surface area contributed by atoms with Crippen molar-refractivity contribution >= 4 is 21.6 Å². The summed E-state index contributed by atoms with van der Waals surface area (Å²) < 4.78 is 27.4. The summed E-state index contributed by atoms with van der Waals surface area (Å²) in [6, 6.07) is 9.05. The number of anilines is 1. The molecular formula is C23H31N3O3S. The third-order valence-electron chi connectivity index (χ3n) is 5.78. The number of piperidine rings is 1. The number of aryl methyl sites for hydroxylation is 3. The Kier molecular flexibility index (Phi) is 6.62. The Bertz CT molecular complexity index is 999. The summed E-state index contributed by atoms with van der Waals surface area (Å²) in [7, 11) is -3.54. The summed E-state index contributed by atoms with van der Waals surface area (Å²) in [5.74, 6) is 0.0806. The molecule has 0 unspecified atom stereocenters. The molecule has 0 bridgehead atoms. The first-order chi connectivity index (χ1) is 14.1. The summed E-state index contributed by atoms with van der Waals surface area (Å²) in [5.41, 5.74) is 4.57. The topological polar surface area (TPSA) is 79.4 Å². The molecule has 2 heterocycles. The molecule has 2 aromatic rings. The van der Waals surface area contributed by atoms with Crippen molar-refractivity contribution in [3.63, 3.8) is 0 Å². The van der Waals surface area contributed by atoms with Crippen molar-refractivity contribution in [2.75, 3.05) is 18.4 Å². The first-order valence-corrected chi connectivity index (χ1v) is 11.9. The maximum Gasteiger partial charge on any atom is 0.243 e. The number of carbonyl (C=O) groups excluding carboxylic acids is 1. The van der Waals surface area contributed by atoms with Crippen LogP contribution in [0.4, 0.5) is 5.69 Å². The van der Waals surface area contributed by atoms with Crippen molar-refractivity contribution in [3.8, 4) is 0 Å². The lowest BCUT2D eigenvalue weighted by Gasteiger charge is -2.30. The molecule has 6 nitrogen and oxygen atoms in total. The van der Waals surface area contributed by atoms with Gasteiger partial charge in [0, 0.05) is 24.7 Å². The zero-order chi connectivity index (χ0) is 22.1. The van der Waals surface area contributed by atoms with Gasteiger partial charge in [0.05, 0.1) is 16.3 Å². The number of nitrogens with one attached hydrogen (secondary N) is 1. The summed E-state index contributed by atoms with van der Waals surface area (Å²) in [4.78, 5) is 17.5. The number of rotatable bonds is 5. The van der Waals surface area contributed by atoms with E-state index in [1.165, 1.54) is 4.31 Å². The predicted octanol–water partition coefficient (Wildman–Crippen LogP) is 4.17. The van der Waals surface area contributed by atoms with E-state index < -0.39 is 10.0 Å². The van der Waals surface area contributed by atoms with Crippen LogP contribution in [0.25, 0.3) is 0 Å². The van der Waals surface area contributed by atoms with Crippen molar-refractivity contribution in [1.29, 1.82) is 0 Å². The number of pyridine rings is 1. The SMILES string of the molecule is Cc1cc(C)c(NC(=O)C2CCN(S(=O)(=O)c3ccc(C(C)C)cc3)CC2)c(C)n1. The summed E-state index contributed by atoms with van der Waals surface area (Å²) in [5, 5.41) is 3.01. The molecule has 1 saturated heterocycles. The van der Waals surface area contributed by atoms with Crippen LogP contribution in [0.1, 0.15) is 55.1 Å². The highest BCUT2D eigenvalue weighted by atomic mass is 32.2. The maximum absolute atomic E-state index is 13.0. The smallest absolute Gasteiger partial charge is 0.243 e. The first-order valence-electron chi connectivity index (χ1n) is 10.5. The Labute approximate surface area is 179 Å². The second-order valence-corrected chi connectivity index (χ2v) is 10.4. The average molecular weight is 430 g/mol. The van der Waals surface area contributed by atoms with Gasteiger partial charge in [-0.15, -0.1) is 0 Å². The molecule has 1 fully saturated rings. The largest absolute Gasteiger partial charge is 0.324 e. The van der Waals surface area contributed by atoms with Crippen LogP contribution in [0, 0.1) is 26.7 Å². The van der Waals surface area contributed by atoms with Crippen molar-refractivity contribution in [2.45, 2.75) is 58.3 Å². The van der Waals surface area contributed by atoms with Crippen molar-refractivity contribution < 1.29 is 13.2 Å². The lowest BCUT2D eigenvalue weighted by Crippen LogP contribution is -2.41. The van der Waals surface area contributed by atoms with Crippen molar-refractivity contribution in [2.24, 2.45) is 5.92 Å². The van der Waals surface area contributed by atoms with Crippen molar-refractivity contribution in [1.82, 2.24) is 9.29 Å². The van der Waals surface area contributed by atoms with E-state index in [0.717, 1.165) is 28.2 Å². The van der Waals surface area contributed by atoms with E-state index in [-0.39, 0.29) is 11.8 Å². The lowest BCUT2D eigenvalue weighted by molar-refractivity contribution is -0.120. The van der Waals surface area contributed by atoms with Crippen LogP contribution in [0.15, 0.2) is 35.2 Å². The Hall–Kier alpha value is -2.25. The van der Waals surface area contributed by atoms with E-state index >= 15 is 0 Å². The van der Waals surface area contributed by atoms with E-state index in [4.69, 9.17) is 0 Å². The zero-order valence-corrected chi connectivity index (χ0v) is 19.2. The number of sulfonamides is 1. The molecular weight excluding hydrogens is 398 g/mol. The highest BCUT2D eigenvalue weighted by Gasteiger charge is 2.32. The highest BCUT2D eigenvalue weighted by molar-refractivity contribution is 7.89. The molecule has 1 aromatic carbocycles. The molecule has 1 N–H and O–H groups in total. The fraction of sp³-hybridized carbons (Fsp3) is 0.478. The van der Waals surface area contributed by atoms with Gasteiger partial charge in [-0.1, -0.05) is 26.0 Å². The molecule has 1 amide bonds. The number of hydrogen-bond acceptors (Lipinski definition) is 4. The van der Waals surface area contributed by atoms with E-state index in [2.05, 4.69) is 24.1 Å². The molecule has 30 heavy (non-hydrogen) atoms. The Morgan fingerprint density at radius 2 is 1.70 bits per heavy atom. The molecule has 3 rings (SSSR count). The van der Waals surface area contributed by atoms with Gasteiger partial charge in [0.2, 0.25) is 15.9 Å². The minimum Gasteiger partial charge on any atom is -0.324 e. The zero-order valence-electron chi connectivity index (χ0n) is 18.4. The molecule has 162 valence electrons. The number of hydrogen-bond donors (Lipinski definition) is 1. The Morgan fingerprint density at radius 3 is 2.23 bits per heavy atom. The van der Waals surface area contributed by atoms with Gasteiger partial charge in [-0.3, -0.25) is 9.78 Å². The van der Waals surface area contributed by atoms with Gasteiger partial charge in [0.1, 0.15) is 0 Å². The molecule has 7 heteroatoms. The summed E-state index contributed by atoms with van der Waals surface area (Å²) >= 11 is 0. The molecule has 1 aliphatic rings. The molecule has 0 spiro atoms. The lowest BCUT2D eigenvalue weighted by atomic mass is 9.97. The summed E-state index contributed by atoms with van der Waals surface area (Å²) in [6.45, 7) is 10.6. The van der Waals surface area contributed by atoms with E-state index in [9.17, 15) is 13.2 Å². The second kappa shape index (κ2) is 8.86. The molecule has 1 aromatic heterocycles. The van der Waals surface area contributed by atoms with Crippen LogP contribution in [0.5, 0.6) is 0 Å². The number of carbonyl (C=O) groups is 1. The van der Waals surface area contributed by atoms with Gasteiger partial charge in [0.15, 0.2) is 0 Å². The van der Waals surface area contributed by atoms with Crippen LogP contribution in [-0.4, -0.2) is 36.7 Å². The monoisotopic (exact) mass is 429 g/mol. The van der Waals surface area contributed by atoms with Crippen LogP contribution in [-0.2, 0) is 14.8 Å². The minimum atomic E-state index is -3.54. The van der Waals surface area contributed by atoms with Crippen LogP contribution in [0.2, 0.25) is 0 Å². The first kappa shape index (κ1) is 22.4. The van der Waals surface area contributed by atoms with Crippen LogP contribution < -0.4 is 5.32 Å². The summed E-state index contributed by atoms with van der Waals surface area (Å²) in [6.07, 6.45) is 1.01. The molecule has 0 aliphatic carbocycles. The highest BCUT2D eigenvalue weighted by Crippen LogP contribution is 2.27. The molecule has 0 atom stereocenters. The minimum absolute atomic E-state index is 0.0646. The van der Waals surface area contributed by atoms with Crippen molar-refractivity contribution in [3.05, 3.63) is 52.8 Å². The number of aromatic nitrogens is 1. The van der Waals surface area contributed by atoms with Crippen LogP contribution >= 0.6 is 0 Å². The maximum atomic E-state index is 13.0. The van der Waals surface area contributed by atoms with E-state index in [0.29, 0.717) is 36.7 Å². The number of amides is 1. The van der Waals surface area contributed by atoms with Gasteiger partial charge in [-0.05, 0) is 68.9 Å².